The van der Waals surface area contributed by atoms with Gasteiger partial charge >= 0.3 is 0 Å². The minimum Gasteiger partial charge on any atom is -0.493 e. The number of methoxy groups -OCH3 is 2. The van der Waals surface area contributed by atoms with Crippen LogP contribution in [0, 0.1) is 5.92 Å². The molecule has 24 heavy (non-hydrogen) atoms. The zero-order valence-electron chi connectivity index (χ0n) is 14.4. The predicted molar refractivity (Wildman–Crippen MR) is 90.2 cm³/mol. The van der Waals surface area contributed by atoms with Crippen molar-refractivity contribution in [3.05, 3.63) is 23.8 Å². The molecule has 0 aromatic heterocycles. The topological polar surface area (TPSA) is 85.1 Å². The van der Waals surface area contributed by atoms with Crippen molar-refractivity contribution in [2.24, 2.45) is 11.7 Å². The highest BCUT2D eigenvalue weighted by Crippen LogP contribution is 2.28. The maximum Gasteiger partial charge on any atom is 0.254 e. The van der Waals surface area contributed by atoms with Crippen LogP contribution >= 0.6 is 0 Å². The summed E-state index contributed by atoms with van der Waals surface area (Å²) in [4.78, 5) is 28.3. The molecule has 7 heteroatoms. The fourth-order valence-corrected chi connectivity index (χ4v) is 2.69. The van der Waals surface area contributed by atoms with E-state index in [2.05, 4.69) is 0 Å². The Kier molecular flexibility index (Phi) is 6.03. The van der Waals surface area contributed by atoms with Crippen LogP contribution in [-0.4, -0.2) is 68.6 Å². The highest BCUT2D eigenvalue weighted by Gasteiger charge is 2.27. The molecule has 1 saturated heterocycles. The molecule has 0 saturated carbocycles. The van der Waals surface area contributed by atoms with Gasteiger partial charge in [0.2, 0.25) is 5.91 Å². The molecule has 1 fully saturated rings. The van der Waals surface area contributed by atoms with Crippen molar-refractivity contribution in [1.82, 2.24) is 9.80 Å². The Bertz CT molecular complexity index is 597. The summed E-state index contributed by atoms with van der Waals surface area (Å²) >= 11 is 0. The van der Waals surface area contributed by atoms with Crippen molar-refractivity contribution < 1.29 is 19.1 Å². The number of piperazine rings is 1. The van der Waals surface area contributed by atoms with Crippen molar-refractivity contribution >= 4 is 11.8 Å². The molecular formula is C17H25N3O4. The zero-order valence-corrected chi connectivity index (χ0v) is 14.4. The molecule has 0 spiro atoms. The van der Waals surface area contributed by atoms with Crippen LogP contribution in [-0.2, 0) is 4.79 Å². The molecule has 0 radical (unpaired) electrons. The van der Waals surface area contributed by atoms with Crippen molar-refractivity contribution in [1.29, 1.82) is 0 Å². The molecule has 132 valence electrons. The molecule has 1 unspecified atom stereocenters. The number of rotatable bonds is 5. The van der Waals surface area contributed by atoms with E-state index in [9.17, 15) is 9.59 Å². The lowest BCUT2D eigenvalue weighted by Crippen LogP contribution is -2.52. The summed E-state index contributed by atoms with van der Waals surface area (Å²) in [6, 6.07) is 5.11. The fourth-order valence-electron chi connectivity index (χ4n) is 2.69. The van der Waals surface area contributed by atoms with Gasteiger partial charge in [0.25, 0.3) is 5.91 Å². The van der Waals surface area contributed by atoms with Crippen LogP contribution in [0.1, 0.15) is 17.3 Å². The van der Waals surface area contributed by atoms with Crippen LogP contribution < -0.4 is 15.2 Å². The van der Waals surface area contributed by atoms with Crippen LogP contribution in [0.4, 0.5) is 0 Å². The molecule has 0 aliphatic carbocycles. The first-order valence-corrected chi connectivity index (χ1v) is 8.02. The van der Waals surface area contributed by atoms with Crippen LogP contribution in [0.25, 0.3) is 0 Å². The number of hydrogen-bond acceptors (Lipinski definition) is 5. The standard InChI is InChI=1S/C17H25N3O4/c1-12(11-18)16(21)19-6-8-20(9-7-19)17(22)13-4-5-14(23-2)15(10-13)24-3/h4-5,10,12H,6-9,11,18H2,1-3H3. The normalized spacial score (nSPS) is 15.8. The fraction of sp³-hybridized carbons (Fsp3) is 0.529. The van der Waals surface area contributed by atoms with Crippen molar-refractivity contribution in [2.75, 3.05) is 46.9 Å². The van der Waals surface area contributed by atoms with Crippen LogP contribution in [0.2, 0.25) is 0 Å². The number of amides is 2. The van der Waals surface area contributed by atoms with Gasteiger partial charge in [0.15, 0.2) is 11.5 Å². The number of nitrogens with zero attached hydrogens (tertiary/aromatic N) is 2. The molecule has 7 nitrogen and oxygen atoms in total. The van der Waals surface area contributed by atoms with Gasteiger partial charge in [0.05, 0.1) is 14.2 Å². The lowest BCUT2D eigenvalue weighted by Gasteiger charge is -2.36. The van der Waals surface area contributed by atoms with E-state index in [1.54, 1.807) is 35.1 Å². The number of benzene rings is 1. The first-order valence-electron chi connectivity index (χ1n) is 8.02. The van der Waals surface area contributed by atoms with Gasteiger partial charge in [-0.15, -0.1) is 0 Å². The largest absolute Gasteiger partial charge is 0.493 e. The van der Waals surface area contributed by atoms with Gasteiger partial charge in [-0.05, 0) is 18.2 Å². The first-order chi connectivity index (χ1) is 11.5. The van der Waals surface area contributed by atoms with Gasteiger partial charge in [-0.25, -0.2) is 0 Å². The summed E-state index contributed by atoms with van der Waals surface area (Å²) in [5.74, 6) is 0.901. The Labute approximate surface area is 142 Å². The lowest BCUT2D eigenvalue weighted by atomic mass is 10.1. The molecule has 2 rings (SSSR count). The monoisotopic (exact) mass is 335 g/mol. The van der Waals surface area contributed by atoms with E-state index in [1.165, 1.54) is 7.11 Å². The molecule has 2 N–H and O–H groups in total. The number of nitrogens with two attached hydrogens (primary N) is 1. The molecule has 1 aromatic rings. The Morgan fingerprint density at radius 2 is 1.67 bits per heavy atom. The van der Waals surface area contributed by atoms with Crippen LogP contribution in [0.15, 0.2) is 18.2 Å². The van der Waals surface area contributed by atoms with Gasteiger partial charge in [-0.1, -0.05) is 6.92 Å². The van der Waals surface area contributed by atoms with E-state index in [-0.39, 0.29) is 17.7 Å². The second kappa shape index (κ2) is 8.01. The van der Waals surface area contributed by atoms with Crippen molar-refractivity contribution in [2.45, 2.75) is 6.92 Å². The van der Waals surface area contributed by atoms with E-state index in [0.717, 1.165) is 0 Å². The van der Waals surface area contributed by atoms with Crippen LogP contribution in [0.5, 0.6) is 11.5 Å². The average Bonchev–Trinajstić information content (AvgIpc) is 2.65. The summed E-state index contributed by atoms with van der Waals surface area (Å²) in [7, 11) is 3.09. The summed E-state index contributed by atoms with van der Waals surface area (Å²) in [5, 5.41) is 0. The number of carbonyl (C=O) groups is 2. The molecule has 1 heterocycles. The van der Waals surface area contributed by atoms with Crippen LogP contribution in [0.3, 0.4) is 0 Å². The molecule has 2 amide bonds. The lowest BCUT2D eigenvalue weighted by molar-refractivity contribution is -0.136. The zero-order chi connectivity index (χ0) is 17.7. The maximum absolute atomic E-state index is 12.6. The summed E-state index contributed by atoms with van der Waals surface area (Å²) in [5.41, 5.74) is 6.09. The van der Waals surface area contributed by atoms with E-state index >= 15 is 0 Å². The molecule has 1 aliphatic rings. The smallest absolute Gasteiger partial charge is 0.254 e. The van der Waals surface area contributed by atoms with Gasteiger partial charge in [0.1, 0.15) is 0 Å². The average molecular weight is 335 g/mol. The second-order valence-electron chi connectivity index (χ2n) is 5.82. The van der Waals surface area contributed by atoms with Gasteiger partial charge in [0, 0.05) is 44.2 Å². The Morgan fingerprint density at radius 3 is 2.21 bits per heavy atom. The third-order valence-electron chi connectivity index (χ3n) is 4.28. The van der Waals surface area contributed by atoms with E-state index < -0.39 is 0 Å². The third kappa shape index (κ3) is 3.79. The molecule has 1 aromatic carbocycles. The van der Waals surface area contributed by atoms with Gasteiger partial charge in [-0.2, -0.15) is 0 Å². The Hall–Kier alpha value is -2.28. The van der Waals surface area contributed by atoms with E-state index in [0.29, 0.717) is 49.8 Å². The predicted octanol–water partition coefficient (Wildman–Crippen LogP) is 0.583. The Balaban J connectivity index is 2.01. The number of carbonyl (C=O) groups excluding carboxylic acids is 2. The van der Waals surface area contributed by atoms with Gasteiger partial charge in [-0.3, -0.25) is 9.59 Å². The van der Waals surface area contributed by atoms with E-state index in [1.807, 2.05) is 6.92 Å². The maximum atomic E-state index is 12.6. The highest BCUT2D eigenvalue weighted by atomic mass is 16.5. The molecular weight excluding hydrogens is 310 g/mol. The molecule has 1 aliphatic heterocycles. The highest BCUT2D eigenvalue weighted by molar-refractivity contribution is 5.95. The molecule has 0 bridgehead atoms. The molecule has 1 atom stereocenters. The van der Waals surface area contributed by atoms with Gasteiger partial charge < -0.3 is 25.0 Å². The summed E-state index contributed by atoms with van der Waals surface area (Å²) < 4.78 is 10.4. The second-order valence-corrected chi connectivity index (χ2v) is 5.82. The first kappa shape index (κ1) is 18.1. The minimum atomic E-state index is -0.182. The number of ether oxygens (including phenoxy) is 2. The van der Waals surface area contributed by atoms with Crippen molar-refractivity contribution in [3.8, 4) is 11.5 Å². The summed E-state index contributed by atoms with van der Waals surface area (Å²) in [6.45, 7) is 4.24. The number of hydrogen-bond donors (Lipinski definition) is 1. The van der Waals surface area contributed by atoms with E-state index in [4.69, 9.17) is 15.2 Å². The van der Waals surface area contributed by atoms with Crippen molar-refractivity contribution in [3.63, 3.8) is 0 Å². The SMILES string of the molecule is COc1ccc(C(=O)N2CCN(C(=O)C(C)CN)CC2)cc1OC. The Morgan fingerprint density at radius 1 is 1.08 bits per heavy atom. The summed E-state index contributed by atoms with van der Waals surface area (Å²) in [6.07, 6.45) is 0. The quantitative estimate of drug-likeness (QED) is 0.851. The minimum absolute atomic E-state index is 0.0516. The third-order valence-corrected chi connectivity index (χ3v) is 4.28.